The highest BCUT2D eigenvalue weighted by Crippen LogP contribution is 2.34. The molecule has 0 spiro atoms. The maximum atomic E-state index is 3.47. The van der Waals surface area contributed by atoms with Crippen LogP contribution in [0.15, 0.2) is 40.9 Å². The maximum Gasteiger partial charge on any atom is 0.0435 e. The summed E-state index contributed by atoms with van der Waals surface area (Å²) in [5.41, 5.74) is 1.29. The zero-order chi connectivity index (χ0) is 13.1. The van der Waals surface area contributed by atoms with E-state index in [0.29, 0.717) is 12.0 Å². The number of nitrogens with one attached hydrogen (secondary N) is 1. The van der Waals surface area contributed by atoms with E-state index in [2.05, 4.69) is 71.5 Å². The molecule has 1 atom stereocenters. The Labute approximate surface area is 121 Å². The maximum absolute atomic E-state index is 3.47. The van der Waals surface area contributed by atoms with Crippen LogP contribution < -0.4 is 5.32 Å². The Morgan fingerprint density at radius 2 is 1.72 bits per heavy atom. The van der Waals surface area contributed by atoms with Gasteiger partial charge in [-0.25, -0.2) is 0 Å². The molecule has 0 saturated carbocycles. The summed E-state index contributed by atoms with van der Waals surface area (Å²) in [6.07, 6.45) is 0. The summed E-state index contributed by atoms with van der Waals surface area (Å²) in [6.45, 7) is 4.50. The van der Waals surface area contributed by atoms with Crippen LogP contribution in [0.1, 0.15) is 24.8 Å². The van der Waals surface area contributed by atoms with Crippen LogP contribution in [0.2, 0.25) is 0 Å². The Morgan fingerprint density at radius 1 is 1.06 bits per heavy atom. The number of halogens is 1. The summed E-state index contributed by atoms with van der Waals surface area (Å²) in [5.74, 6) is 0.603. The van der Waals surface area contributed by atoms with Crippen LogP contribution in [0.25, 0.3) is 10.4 Å². The highest BCUT2D eigenvalue weighted by atomic mass is 79.9. The van der Waals surface area contributed by atoms with Gasteiger partial charge in [-0.3, -0.25) is 0 Å². The van der Waals surface area contributed by atoms with Gasteiger partial charge < -0.3 is 5.32 Å². The molecule has 0 bridgehead atoms. The summed E-state index contributed by atoms with van der Waals surface area (Å²) >= 11 is 5.35. The first kappa shape index (κ1) is 13.8. The van der Waals surface area contributed by atoms with Crippen LogP contribution in [0.5, 0.6) is 0 Å². The van der Waals surface area contributed by atoms with Crippen molar-refractivity contribution in [1.82, 2.24) is 5.32 Å². The van der Waals surface area contributed by atoms with Gasteiger partial charge in [0.1, 0.15) is 0 Å². The molecule has 1 heterocycles. The van der Waals surface area contributed by atoms with Crippen molar-refractivity contribution in [3.8, 4) is 10.4 Å². The highest BCUT2D eigenvalue weighted by molar-refractivity contribution is 9.10. The molecule has 0 aliphatic rings. The molecule has 1 nitrogen and oxygen atoms in total. The van der Waals surface area contributed by atoms with Gasteiger partial charge in [0.15, 0.2) is 0 Å². The molecule has 18 heavy (non-hydrogen) atoms. The first-order valence-electron chi connectivity index (χ1n) is 6.14. The van der Waals surface area contributed by atoms with Crippen LogP contribution in [-0.4, -0.2) is 7.05 Å². The van der Waals surface area contributed by atoms with Gasteiger partial charge in [-0.05, 0) is 42.8 Å². The van der Waals surface area contributed by atoms with Crippen LogP contribution >= 0.6 is 27.3 Å². The van der Waals surface area contributed by atoms with Gasteiger partial charge in [-0.1, -0.05) is 41.9 Å². The molecule has 2 rings (SSSR count). The summed E-state index contributed by atoms with van der Waals surface area (Å²) in [4.78, 5) is 2.74. The second-order valence-electron chi connectivity index (χ2n) is 4.72. The fourth-order valence-corrected chi connectivity index (χ4v) is 3.65. The van der Waals surface area contributed by atoms with E-state index in [1.807, 2.05) is 18.4 Å². The van der Waals surface area contributed by atoms with Gasteiger partial charge in [0.2, 0.25) is 0 Å². The molecule has 1 unspecified atom stereocenters. The SMILES string of the molecule is CNC(c1ccc(-c2ccc(Br)cc2)s1)C(C)C. The van der Waals surface area contributed by atoms with Gasteiger partial charge in [-0.15, -0.1) is 11.3 Å². The zero-order valence-electron chi connectivity index (χ0n) is 10.9. The number of benzene rings is 1. The topological polar surface area (TPSA) is 12.0 Å². The molecule has 1 aromatic carbocycles. The van der Waals surface area contributed by atoms with Gasteiger partial charge in [0.05, 0.1) is 0 Å². The van der Waals surface area contributed by atoms with E-state index in [1.54, 1.807) is 0 Å². The van der Waals surface area contributed by atoms with Crippen molar-refractivity contribution < 1.29 is 0 Å². The van der Waals surface area contributed by atoms with E-state index in [1.165, 1.54) is 15.3 Å². The molecule has 1 N–H and O–H groups in total. The lowest BCUT2D eigenvalue weighted by Crippen LogP contribution is -2.20. The standard InChI is InChI=1S/C15H18BrNS/c1-10(2)15(17-3)14-9-8-13(18-14)11-4-6-12(16)7-5-11/h4-10,15,17H,1-3H3. The monoisotopic (exact) mass is 323 g/mol. The lowest BCUT2D eigenvalue weighted by atomic mass is 10.0. The van der Waals surface area contributed by atoms with Gasteiger partial charge >= 0.3 is 0 Å². The molecule has 3 heteroatoms. The number of hydrogen-bond acceptors (Lipinski definition) is 2. The molecular formula is C15H18BrNS. The minimum absolute atomic E-state index is 0.444. The van der Waals surface area contributed by atoms with E-state index in [4.69, 9.17) is 0 Å². The van der Waals surface area contributed by atoms with Crippen molar-refractivity contribution in [1.29, 1.82) is 0 Å². The zero-order valence-corrected chi connectivity index (χ0v) is 13.3. The van der Waals surface area contributed by atoms with Gasteiger partial charge in [-0.2, -0.15) is 0 Å². The third-order valence-corrected chi connectivity index (χ3v) is 4.79. The Kier molecular flexibility index (Phi) is 4.60. The highest BCUT2D eigenvalue weighted by Gasteiger charge is 2.15. The smallest absolute Gasteiger partial charge is 0.0435 e. The fourth-order valence-electron chi connectivity index (χ4n) is 2.09. The minimum atomic E-state index is 0.444. The van der Waals surface area contributed by atoms with Crippen LogP contribution in [0, 0.1) is 5.92 Å². The molecule has 2 aromatic rings. The fraction of sp³-hybridized carbons (Fsp3) is 0.333. The summed E-state index contributed by atoms with van der Waals surface area (Å²) in [6, 6.07) is 13.4. The lowest BCUT2D eigenvalue weighted by Gasteiger charge is -2.18. The predicted octanol–water partition coefficient (Wildman–Crippen LogP) is 5.09. The first-order chi connectivity index (χ1) is 8.61. The van der Waals surface area contributed by atoms with Crippen LogP contribution in [0.3, 0.4) is 0 Å². The van der Waals surface area contributed by atoms with E-state index >= 15 is 0 Å². The van der Waals surface area contributed by atoms with E-state index < -0.39 is 0 Å². The first-order valence-corrected chi connectivity index (χ1v) is 7.75. The molecular weight excluding hydrogens is 306 g/mol. The minimum Gasteiger partial charge on any atom is -0.312 e. The Bertz CT molecular complexity index is 501. The Balaban J connectivity index is 2.27. The molecule has 0 aliphatic heterocycles. The predicted molar refractivity (Wildman–Crippen MR) is 84.1 cm³/mol. The van der Waals surface area contributed by atoms with Crippen molar-refractivity contribution in [3.63, 3.8) is 0 Å². The molecule has 0 radical (unpaired) electrons. The lowest BCUT2D eigenvalue weighted by molar-refractivity contribution is 0.449. The van der Waals surface area contributed by atoms with Crippen molar-refractivity contribution in [2.45, 2.75) is 19.9 Å². The normalized spacial score (nSPS) is 12.9. The van der Waals surface area contributed by atoms with Crippen molar-refractivity contribution in [3.05, 3.63) is 45.7 Å². The number of thiophene rings is 1. The molecule has 96 valence electrons. The average Bonchev–Trinajstić information content (AvgIpc) is 2.80. The van der Waals surface area contributed by atoms with E-state index in [-0.39, 0.29) is 0 Å². The van der Waals surface area contributed by atoms with E-state index in [9.17, 15) is 0 Å². The van der Waals surface area contributed by atoms with Crippen LogP contribution in [-0.2, 0) is 0 Å². The molecule has 0 aliphatic carbocycles. The van der Waals surface area contributed by atoms with Crippen LogP contribution in [0.4, 0.5) is 0 Å². The molecule has 1 aromatic heterocycles. The van der Waals surface area contributed by atoms with Gasteiger partial charge in [0.25, 0.3) is 0 Å². The second-order valence-corrected chi connectivity index (χ2v) is 6.75. The Morgan fingerprint density at radius 3 is 2.28 bits per heavy atom. The Hall–Kier alpha value is -0.640. The number of rotatable bonds is 4. The van der Waals surface area contributed by atoms with Crippen molar-refractivity contribution in [2.75, 3.05) is 7.05 Å². The summed E-state index contributed by atoms with van der Waals surface area (Å²) in [7, 11) is 2.03. The third kappa shape index (κ3) is 3.02. The second kappa shape index (κ2) is 6.00. The molecule has 0 saturated heterocycles. The molecule has 0 amide bonds. The van der Waals surface area contributed by atoms with Crippen molar-refractivity contribution >= 4 is 27.3 Å². The van der Waals surface area contributed by atoms with E-state index in [0.717, 1.165) is 4.47 Å². The number of hydrogen-bond donors (Lipinski definition) is 1. The summed E-state index contributed by atoms with van der Waals surface area (Å²) < 4.78 is 1.12. The third-order valence-electron chi connectivity index (χ3n) is 3.04. The largest absolute Gasteiger partial charge is 0.312 e. The average molecular weight is 324 g/mol. The quantitative estimate of drug-likeness (QED) is 0.825. The van der Waals surface area contributed by atoms with Gasteiger partial charge in [0, 0.05) is 20.3 Å². The molecule has 0 fully saturated rings. The summed E-state index contributed by atoms with van der Waals surface area (Å²) in [5, 5.41) is 3.39. The van der Waals surface area contributed by atoms with Crippen molar-refractivity contribution in [2.24, 2.45) is 5.92 Å².